The fourth-order valence-electron chi connectivity index (χ4n) is 1.63. The van der Waals surface area contributed by atoms with Crippen molar-refractivity contribution in [3.8, 4) is 5.69 Å². The van der Waals surface area contributed by atoms with Gasteiger partial charge in [0.25, 0.3) is 0 Å². The maximum atomic E-state index is 11.6. The molecule has 1 aromatic heterocycles. The third kappa shape index (κ3) is 4.20. The molecule has 2 rings (SSSR count). The maximum absolute atomic E-state index is 11.6. The van der Waals surface area contributed by atoms with Gasteiger partial charge in [0, 0.05) is 17.3 Å². The molecule has 22 heavy (non-hydrogen) atoms. The summed E-state index contributed by atoms with van der Waals surface area (Å²) in [6, 6.07) is 6.60. The van der Waals surface area contributed by atoms with Crippen LogP contribution in [0.3, 0.4) is 0 Å². The number of nitrogens with one attached hydrogen (secondary N) is 2. The predicted octanol–water partition coefficient (Wildman–Crippen LogP) is 1.19. The molecule has 1 heterocycles. The van der Waals surface area contributed by atoms with Crippen molar-refractivity contribution in [3.05, 3.63) is 40.5 Å². The molecule has 0 fully saturated rings. The maximum Gasteiger partial charge on any atom is 0.244 e. The van der Waals surface area contributed by atoms with Crippen molar-refractivity contribution in [1.82, 2.24) is 15.1 Å². The summed E-state index contributed by atoms with van der Waals surface area (Å²) in [4.78, 5) is 22.6. The summed E-state index contributed by atoms with van der Waals surface area (Å²) in [5.74, 6) is -0.485. The van der Waals surface area contributed by atoms with Gasteiger partial charge in [-0.3, -0.25) is 9.59 Å². The Kier molecular flexibility index (Phi) is 5.37. The zero-order chi connectivity index (χ0) is 16.1. The van der Waals surface area contributed by atoms with E-state index in [-0.39, 0.29) is 13.1 Å². The largest absolute Gasteiger partial charge is 0.346 e. The normalized spacial score (nSPS) is 10.3. The zero-order valence-electron chi connectivity index (χ0n) is 11.3. The average molecular weight is 342 g/mol. The number of carbonyl (C=O) groups is 2. The number of nitrogens with zero attached hydrogens (tertiary/aromatic N) is 2. The van der Waals surface area contributed by atoms with E-state index in [0.717, 1.165) is 0 Å². The molecule has 4 N–H and O–H groups in total. The predicted molar refractivity (Wildman–Crippen MR) is 84.3 cm³/mol. The topological polar surface area (TPSA) is 102 Å². The van der Waals surface area contributed by atoms with Gasteiger partial charge in [-0.2, -0.15) is 5.10 Å². The molecule has 0 aliphatic carbocycles. The number of carbonyl (C=O) groups excluding carboxylic acids is 2. The van der Waals surface area contributed by atoms with Crippen LogP contribution in [0.5, 0.6) is 0 Å². The molecular weight excluding hydrogens is 329 g/mol. The Balaban J connectivity index is 2.02. The average Bonchev–Trinajstić information content (AvgIpc) is 2.92. The number of aromatic nitrogens is 2. The fourth-order valence-corrected chi connectivity index (χ4v) is 2.12. The summed E-state index contributed by atoms with van der Waals surface area (Å²) in [7, 11) is 0. The molecule has 116 valence electrons. The van der Waals surface area contributed by atoms with Crippen molar-refractivity contribution in [3.63, 3.8) is 0 Å². The molecule has 0 atom stereocenters. The molecule has 2 amide bonds. The first-order valence-electron chi connectivity index (χ1n) is 6.27. The molecule has 0 saturated heterocycles. The van der Waals surface area contributed by atoms with Crippen molar-refractivity contribution in [2.45, 2.75) is 0 Å². The number of amides is 2. The van der Waals surface area contributed by atoms with E-state index < -0.39 is 11.8 Å². The van der Waals surface area contributed by atoms with E-state index in [1.54, 1.807) is 30.5 Å². The van der Waals surface area contributed by atoms with Gasteiger partial charge in [0.05, 0.1) is 23.8 Å². The molecule has 0 bridgehead atoms. The number of halogens is 2. The number of nitrogens with two attached hydrogens (primary N) is 1. The lowest BCUT2D eigenvalue weighted by atomic mass is 10.3. The van der Waals surface area contributed by atoms with E-state index in [2.05, 4.69) is 15.7 Å². The summed E-state index contributed by atoms with van der Waals surface area (Å²) in [6.45, 7) is -0.346. The summed E-state index contributed by atoms with van der Waals surface area (Å²) < 4.78 is 1.51. The van der Waals surface area contributed by atoms with E-state index >= 15 is 0 Å². The molecular formula is C13H13Cl2N5O2. The number of benzene rings is 1. The summed E-state index contributed by atoms with van der Waals surface area (Å²) >= 11 is 11.9. The first-order valence-corrected chi connectivity index (χ1v) is 7.03. The lowest BCUT2D eigenvalue weighted by molar-refractivity contribution is -0.123. The molecule has 0 unspecified atom stereocenters. The Labute approximate surface area is 136 Å². The molecule has 0 saturated carbocycles. The monoisotopic (exact) mass is 341 g/mol. The summed E-state index contributed by atoms with van der Waals surface area (Å²) in [5, 5.41) is 10.0. The molecule has 0 aliphatic rings. The Morgan fingerprint density at radius 1 is 1.23 bits per heavy atom. The second kappa shape index (κ2) is 7.26. The second-order valence-electron chi connectivity index (χ2n) is 4.27. The van der Waals surface area contributed by atoms with Crippen molar-refractivity contribution in [2.24, 2.45) is 5.73 Å². The highest BCUT2D eigenvalue weighted by atomic mass is 35.5. The third-order valence-corrected chi connectivity index (χ3v) is 3.18. The van der Waals surface area contributed by atoms with E-state index in [1.807, 2.05) is 0 Å². The molecule has 2 aromatic rings. The van der Waals surface area contributed by atoms with E-state index in [9.17, 15) is 9.59 Å². The van der Waals surface area contributed by atoms with E-state index in [0.29, 0.717) is 21.6 Å². The van der Waals surface area contributed by atoms with Crippen LogP contribution in [0.25, 0.3) is 5.69 Å². The van der Waals surface area contributed by atoms with Gasteiger partial charge < -0.3 is 16.4 Å². The molecule has 1 aromatic carbocycles. The Hall–Kier alpha value is -2.09. The van der Waals surface area contributed by atoms with Crippen LogP contribution in [-0.4, -0.2) is 34.7 Å². The van der Waals surface area contributed by atoms with Crippen molar-refractivity contribution in [1.29, 1.82) is 0 Å². The van der Waals surface area contributed by atoms with Crippen LogP contribution < -0.4 is 16.4 Å². The molecule has 0 radical (unpaired) electrons. The SMILES string of the molecule is NCC(=O)NCC(=O)Nc1ccn(-c2ccc(Cl)cc2Cl)n1. The van der Waals surface area contributed by atoms with Crippen LogP contribution in [0.4, 0.5) is 5.82 Å². The molecule has 7 nitrogen and oxygen atoms in total. The van der Waals surface area contributed by atoms with Crippen molar-refractivity contribution in [2.75, 3.05) is 18.4 Å². The van der Waals surface area contributed by atoms with Crippen LogP contribution in [-0.2, 0) is 9.59 Å². The van der Waals surface area contributed by atoms with Gasteiger partial charge in [0.1, 0.15) is 0 Å². The minimum atomic E-state index is -0.409. The van der Waals surface area contributed by atoms with Crippen molar-refractivity contribution >= 4 is 40.8 Å². The van der Waals surface area contributed by atoms with Crippen LogP contribution in [0.1, 0.15) is 0 Å². The van der Waals surface area contributed by atoms with Crippen LogP contribution in [0.2, 0.25) is 10.0 Å². The van der Waals surface area contributed by atoms with E-state index in [1.165, 1.54) is 4.68 Å². The summed E-state index contributed by atoms with van der Waals surface area (Å²) in [5.41, 5.74) is 5.75. The van der Waals surface area contributed by atoms with Gasteiger partial charge >= 0.3 is 0 Å². The van der Waals surface area contributed by atoms with Crippen molar-refractivity contribution < 1.29 is 9.59 Å². The van der Waals surface area contributed by atoms with Gasteiger partial charge in [0.2, 0.25) is 11.8 Å². The lowest BCUT2D eigenvalue weighted by Crippen LogP contribution is -2.36. The van der Waals surface area contributed by atoms with Gasteiger partial charge in [0.15, 0.2) is 5.82 Å². The highest BCUT2D eigenvalue weighted by Crippen LogP contribution is 2.24. The number of hydrogen-bond donors (Lipinski definition) is 3. The van der Waals surface area contributed by atoms with Crippen LogP contribution in [0.15, 0.2) is 30.5 Å². The number of anilines is 1. The fraction of sp³-hybridized carbons (Fsp3) is 0.154. The highest BCUT2D eigenvalue weighted by Gasteiger charge is 2.09. The standard InChI is InChI=1S/C13H13Cl2N5O2/c14-8-1-2-10(9(15)5-8)20-4-3-11(19-20)18-13(22)7-17-12(21)6-16/h1-5H,6-7,16H2,(H,17,21)(H,18,19,22). The summed E-state index contributed by atoms with van der Waals surface area (Å²) in [6.07, 6.45) is 1.64. The van der Waals surface area contributed by atoms with Crippen LogP contribution in [0, 0.1) is 0 Å². The lowest BCUT2D eigenvalue weighted by Gasteiger charge is -2.05. The van der Waals surface area contributed by atoms with Crippen LogP contribution >= 0.6 is 23.2 Å². The van der Waals surface area contributed by atoms with Gasteiger partial charge in [-0.25, -0.2) is 4.68 Å². The third-order valence-electron chi connectivity index (χ3n) is 2.64. The Morgan fingerprint density at radius 2 is 2.00 bits per heavy atom. The highest BCUT2D eigenvalue weighted by molar-refractivity contribution is 6.35. The van der Waals surface area contributed by atoms with E-state index in [4.69, 9.17) is 28.9 Å². The Bertz CT molecular complexity index is 701. The Morgan fingerprint density at radius 3 is 2.68 bits per heavy atom. The smallest absolute Gasteiger partial charge is 0.244 e. The quantitative estimate of drug-likeness (QED) is 0.760. The van der Waals surface area contributed by atoms with Gasteiger partial charge in [-0.1, -0.05) is 23.2 Å². The molecule has 0 aliphatic heterocycles. The van der Waals surface area contributed by atoms with Gasteiger partial charge in [-0.15, -0.1) is 0 Å². The molecule has 9 heteroatoms. The molecule has 0 spiro atoms. The minimum Gasteiger partial charge on any atom is -0.346 e. The first-order chi connectivity index (χ1) is 10.5. The first kappa shape index (κ1) is 16.3. The number of hydrogen-bond acceptors (Lipinski definition) is 4. The second-order valence-corrected chi connectivity index (χ2v) is 5.11. The van der Waals surface area contributed by atoms with Gasteiger partial charge in [-0.05, 0) is 18.2 Å². The zero-order valence-corrected chi connectivity index (χ0v) is 12.9. The minimum absolute atomic E-state index is 0.170. The number of rotatable bonds is 5.